The van der Waals surface area contributed by atoms with Gasteiger partial charge in [-0.25, -0.2) is 9.59 Å². The molecule has 1 aromatic carbocycles. The van der Waals surface area contributed by atoms with E-state index in [1.54, 1.807) is 29.3 Å². The van der Waals surface area contributed by atoms with Gasteiger partial charge in [0, 0.05) is 6.54 Å². The van der Waals surface area contributed by atoms with E-state index in [0.29, 0.717) is 18.7 Å². The zero-order valence-corrected chi connectivity index (χ0v) is 15.0. The van der Waals surface area contributed by atoms with E-state index in [-0.39, 0.29) is 5.92 Å². The van der Waals surface area contributed by atoms with Crippen molar-refractivity contribution in [3.63, 3.8) is 0 Å². The molecule has 2 atom stereocenters. The van der Waals surface area contributed by atoms with E-state index < -0.39 is 23.2 Å². The molecule has 1 aliphatic rings. The van der Waals surface area contributed by atoms with Gasteiger partial charge >= 0.3 is 12.1 Å². The summed E-state index contributed by atoms with van der Waals surface area (Å²) >= 11 is 0. The minimum absolute atomic E-state index is 0.105. The van der Waals surface area contributed by atoms with Crippen LogP contribution in [0.25, 0.3) is 0 Å². The Balaban J connectivity index is 1.95. The third-order valence-corrected chi connectivity index (χ3v) is 4.08. The standard InChI is InChI=1S/C18H26N2O4/c1-13-11-20(24-15(21)14-9-7-6-8-10-14)12-18(13,5)19-16(22)23-17(2,3)4/h6-10,13H,11-12H2,1-5H3,(H,19,22)/t13-,18-/m1/s1. The Hall–Kier alpha value is -2.08. The first-order chi connectivity index (χ1) is 11.1. The summed E-state index contributed by atoms with van der Waals surface area (Å²) < 4.78 is 5.32. The number of ether oxygens (including phenoxy) is 1. The molecular formula is C18H26N2O4. The fraction of sp³-hybridized carbons (Fsp3) is 0.556. The molecule has 1 heterocycles. The van der Waals surface area contributed by atoms with E-state index in [1.807, 2.05) is 40.7 Å². The Morgan fingerprint density at radius 2 is 1.88 bits per heavy atom. The second-order valence-electron chi connectivity index (χ2n) is 7.51. The average Bonchev–Trinajstić information content (AvgIpc) is 2.71. The van der Waals surface area contributed by atoms with Crippen molar-refractivity contribution in [3.8, 4) is 0 Å². The Kier molecular flexibility index (Phi) is 5.18. The molecule has 0 unspecified atom stereocenters. The van der Waals surface area contributed by atoms with Gasteiger partial charge in [-0.3, -0.25) is 0 Å². The highest BCUT2D eigenvalue weighted by Gasteiger charge is 2.44. The third kappa shape index (κ3) is 4.71. The van der Waals surface area contributed by atoms with Gasteiger partial charge in [0.2, 0.25) is 0 Å². The van der Waals surface area contributed by atoms with Crippen LogP contribution >= 0.6 is 0 Å². The SMILES string of the molecule is C[C@@H]1CN(OC(=O)c2ccccc2)C[C@@]1(C)NC(=O)OC(C)(C)C. The molecule has 1 aromatic rings. The van der Waals surface area contributed by atoms with Gasteiger partial charge in [-0.2, -0.15) is 0 Å². The zero-order valence-electron chi connectivity index (χ0n) is 15.0. The summed E-state index contributed by atoms with van der Waals surface area (Å²) in [6.07, 6.45) is -0.465. The number of nitrogens with one attached hydrogen (secondary N) is 1. The van der Waals surface area contributed by atoms with Gasteiger partial charge in [-0.1, -0.05) is 25.1 Å². The number of hydrogen-bond acceptors (Lipinski definition) is 5. The first-order valence-corrected chi connectivity index (χ1v) is 8.12. The Bertz CT molecular complexity index is 597. The van der Waals surface area contributed by atoms with Crippen LogP contribution in [-0.2, 0) is 9.57 Å². The molecule has 6 nitrogen and oxygen atoms in total. The monoisotopic (exact) mass is 334 g/mol. The highest BCUT2D eigenvalue weighted by atomic mass is 16.7. The number of benzene rings is 1. The number of hydrogen-bond donors (Lipinski definition) is 1. The molecule has 0 aliphatic carbocycles. The van der Waals surface area contributed by atoms with E-state index in [2.05, 4.69) is 5.32 Å². The number of alkyl carbamates (subject to hydrolysis) is 1. The number of rotatable bonds is 3. The van der Waals surface area contributed by atoms with E-state index in [1.165, 1.54) is 0 Å². The molecule has 0 radical (unpaired) electrons. The summed E-state index contributed by atoms with van der Waals surface area (Å²) in [5.74, 6) is -0.294. The first-order valence-electron chi connectivity index (χ1n) is 8.12. The third-order valence-electron chi connectivity index (χ3n) is 4.08. The molecule has 1 fully saturated rings. The number of carbonyl (C=O) groups is 2. The number of amides is 1. The van der Waals surface area contributed by atoms with Crippen molar-refractivity contribution in [2.75, 3.05) is 13.1 Å². The van der Waals surface area contributed by atoms with Gasteiger partial charge in [0.1, 0.15) is 5.60 Å². The maximum Gasteiger partial charge on any atom is 0.408 e. The predicted octanol–water partition coefficient (Wildman–Crippen LogP) is 2.99. The van der Waals surface area contributed by atoms with E-state index in [4.69, 9.17) is 9.57 Å². The normalized spacial score (nSPS) is 24.5. The molecule has 0 bridgehead atoms. The van der Waals surface area contributed by atoms with E-state index in [0.717, 1.165) is 0 Å². The van der Waals surface area contributed by atoms with Crippen molar-refractivity contribution in [2.24, 2.45) is 5.92 Å². The molecule has 1 N–H and O–H groups in total. The minimum atomic E-state index is -0.554. The van der Waals surface area contributed by atoms with Crippen molar-refractivity contribution >= 4 is 12.1 Å². The molecular weight excluding hydrogens is 308 g/mol. The summed E-state index contributed by atoms with van der Waals surface area (Å²) in [6, 6.07) is 8.84. The molecule has 0 saturated carbocycles. The Morgan fingerprint density at radius 1 is 1.25 bits per heavy atom. The highest BCUT2D eigenvalue weighted by molar-refractivity contribution is 5.89. The fourth-order valence-electron chi connectivity index (χ4n) is 2.61. The minimum Gasteiger partial charge on any atom is -0.444 e. The van der Waals surface area contributed by atoms with Crippen LogP contribution in [0.3, 0.4) is 0 Å². The van der Waals surface area contributed by atoms with Gasteiger partial charge in [-0.05, 0) is 45.7 Å². The van der Waals surface area contributed by atoms with E-state index >= 15 is 0 Å². The topological polar surface area (TPSA) is 67.9 Å². The second-order valence-corrected chi connectivity index (χ2v) is 7.51. The molecule has 0 spiro atoms. The van der Waals surface area contributed by atoms with Crippen LogP contribution < -0.4 is 5.32 Å². The van der Waals surface area contributed by atoms with Gasteiger partial charge in [0.25, 0.3) is 0 Å². The Morgan fingerprint density at radius 3 is 2.46 bits per heavy atom. The number of nitrogens with zero attached hydrogens (tertiary/aromatic N) is 1. The maximum absolute atomic E-state index is 12.2. The van der Waals surface area contributed by atoms with Crippen molar-refractivity contribution < 1.29 is 19.2 Å². The van der Waals surface area contributed by atoms with Crippen molar-refractivity contribution in [1.82, 2.24) is 10.4 Å². The fourth-order valence-corrected chi connectivity index (χ4v) is 2.61. The summed E-state index contributed by atoms with van der Waals surface area (Å²) in [5.41, 5.74) is -0.583. The van der Waals surface area contributed by atoms with Crippen molar-refractivity contribution in [1.29, 1.82) is 0 Å². The smallest absolute Gasteiger partial charge is 0.408 e. The summed E-state index contributed by atoms with van der Waals surface area (Å²) in [5, 5.41) is 4.51. The second kappa shape index (κ2) is 6.81. The Labute approximate surface area is 143 Å². The van der Waals surface area contributed by atoms with Crippen LogP contribution in [0.4, 0.5) is 4.79 Å². The van der Waals surface area contributed by atoms with E-state index in [9.17, 15) is 9.59 Å². The van der Waals surface area contributed by atoms with Crippen LogP contribution in [0.15, 0.2) is 30.3 Å². The summed E-state index contributed by atoms with van der Waals surface area (Å²) in [6.45, 7) is 10.4. The number of hydroxylamine groups is 2. The molecule has 6 heteroatoms. The van der Waals surface area contributed by atoms with Crippen molar-refractivity contribution in [3.05, 3.63) is 35.9 Å². The quantitative estimate of drug-likeness (QED) is 0.920. The summed E-state index contributed by atoms with van der Waals surface area (Å²) in [7, 11) is 0. The molecule has 0 aromatic heterocycles. The van der Waals surface area contributed by atoms with Gasteiger partial charge < -0.3 is 14.9 Å². The first kappa shape index (κ1) is 18.3. The largest absolute Gasteiger partial charge is 0.444 e. The number of carbonyl (C=O) groups excluding carboxylic acids is 2. The van der Waals surface area contributed by atoms with Gasteiger partial charge in [-0.15, -0.1) is 5.06 Å². The molecule has 1 aliphatic heterocycles. The van der Waals surface area contributed by atoms with Crippen LogP contribution in [0.2, 0.25) is 0 Å². The lowest BCUT2D eigenvalue weighted by Gasteiger charge is -2.31. The average molecular weight is 334 g/mol. The molecule has 1 saturated heterocycles. The van der Waals surface area contributed by atoms with Crippen LogP contribution in [0.1, 0.15) is 45.0 Å². The lowest BCUT2D eigenvalue weighted by molar-refractivity contribution is -0.0975. The highest BCUT2D eigenvalue weighted by Crippen LogP contribution is 2.28. The molecule has 1 amide bonds. The van der Waals surface area contributed by atoms with Gasteiger partial charge in [0.15, 0.2) is 0 Å². The zero-order chi connectivity index (χ0) is 18.0. The molecule has 2 rings (SSSR count). The van der Waals surface area contributed by atoms with Gasteiger partial charge in [0.05, 0.1) is 17.6 Å². The molecule has 132 valence electrons. The lowest BCUT2D eigenvalue weighted by Crippen LogP contribution is -2.52. The summed E-state index contributed by atoms with van der Waals surface area (Å²) in [4.78, 5) is 29.7. The van der Waals surface area contributed by atoms with Crippen molar-refractivity contribution in [2.45, 2.75) is 45.8 Å². The van der Waals surface area contributed by atoms with Crippen LogP contribution in [0, 0.1) is 5.92 Å². The predicted molar refractivity (Wildman–Crippen MR) is 90.4 cm³/mol. The van der Waals surface area contributed by atoms with Crippen LogP contribution in [0.5, 0.6) is 0 Å². The van der Waals surface area contributed by atoms with Crippen LogP contribution in [-0.4, -0.2) is 41.4 Å². The maximum atomic E-state index is 12.2. The molecule has 24 heavy (non-hydrogen) atoms. The lowest BCUT2D eigenvalue weighted by atomic mass is 9.91.